The molecule has 0 amide bonds. The Hall–Kier alpha value is -2.96. The van der Waals surface area contributed by atoms with Crippen LogP contribution in [0.5, 0.6) is 0 Å². The van der Waals surface area contributed by atoms with Gasteiger partial charge in [-0.1, -0.05) is 88.8 Å². The molecule has 0 fully saturated rings. The number of nitrogens with one attached hydrogen (secondary N) is 4. The van der Waals surface area contributed by atoms with E-state index in [0.29, 0.717) is 10.2 Å². The lowest BCUT2D eigenvalue weighted by Gasteiger charge is -2.20. The third kappa shape index (κ3) is 10.4. The Morgan fingerprint density at radius 3 is 1.29 bits per heavy atom. The highest BCUT2D eigenvalue weighted by atomic mass is 32.1. The molecule has 0 unspecified atom stereocenters. The summed E-state index contributed by atoms with van der Waals surface area (Å²) in [5.41, 5.74) is 6.61. The van der Waals surface area contributed by atoms with Gasteiger partial charge in [-0.2, -0.15) is 0 Å². The molecule has 3 aromatic carbocycles. The Kier molecular flexibility index (Phi) is 13.1. The molecule has 0 aliphatic carbocycles. The van der Waals surface area contributed by atoms with Crippen LogP contribution in [0.4, 0.5) is 22.7 Å². The lowest BCUT2D eigenvalue weighted by atomic mass is 9.97. The second-order valence-corrected chi connectivity index (χ2v) is 10.5. The van der Waals surface area contributed by atoms with Gasteiger partial charge >= 0.3 is 0 Å². The summed E-state index contributed by atoms with van der Waals surface area (Å²) in [6, 6.07) is 24.7. The van der Waals surface area contributed by atoms with E-state index in [2.05, 4.69) is 47.2 Å². The molecule has 0 aromatic heterocycles. The van der Waals surface area contributed by atoms with Gasteiger partial charge in [0.25, 0.3) is 0 Å². The quantitative estimate of drug-likeness (QED) is 0.119. The van der Waals surface area contributed by atoms with Crippen LogP contribution in [0.15, 0.2) is 72.8 Å². The summed E-state index contributed by atoms with van der Waals surface area (Å²) in [5, 5.41) is 14.9. The van der Waals surface area contributed by atoms with Gasteiger partial charge in [0, 0.05) is 22.7 Å². The minimum absolute atomic E-state index is 0.602. The van der Waals surface area contributed by atoms with Crippen molar-refractivity contribution in [2.75, 3.05) is 21.3 Å². The standard InChI is InChI=1S/C32H42N4S2/c1-3-5-7-11-17-25-23-30(36-32(38)34-28-21-15-10-16-22-28)26(18-12-8-6-4-2)24-29(25)35-31(37)33-27-19-13-9-14-20-27/h9-10,13-16,19-24H,3-8,11-12,17-18H2,1-2H3,(H2,33,35,37)(H2,34,36,38). The van der Waals surface area contributed by atoms with Gasteiger partial charge in [-0.3, -0.25) is 0 Å². The van der Waals surface area contributed by atoms with Crippen LogP contribution in [0.3, 0.4) is 0 Å². The number of benzene rings is 3. The Balaban J connectivity index is 1.84. The van der Waals surface area contributed by atoms with Gasteiger partial charge in [0.2, 0.25) is 0 Å². The molecule has 0 aliphatic rings. The minimum atomic E-state index is 0.602. The van der Waals surface area contributed by atoms with Crippen molar-refractivity contribution in [2.45, 2.75) is 78.1 Å². The Labute approximate surface area is 240 Å². The maximum Gasteiger partial charge on any atom is 0.175 e. The smallest absolute Gasteiger partial charge is 0.175 e. The van der Waals surface area contributed by atoms with Gasteiger partial charge in [0.15, 0.2) is 10.2 Å². The van der Waals surface area contributed by atoms with Crippen molar-refractivity contribution >= 4 is 57.4 Å². The molecule has 202 valence electrons. The van der Waals surface area contributed by atoms with Crippen LogP contribution in [0.2, 0.25) is 0 Å². The maximum absolute atomic E-state index is 5.70. The molecule has 3 rings (SSSR count). The van der Waals surface area contributed by atoms with Gasteiger partial charge in [-0.05, 0) is 97.6 Å². The third-order valence-electron chi connectivity index (χ3n) is 6.49. The number of anilines is 4. The lowest BCUT2D eigenvalue weighted by molar-refractivity contribution is 0.664. The highest BCUT2D eigenvalue weighted by Crippen LogP contribution is 2.29. The Morgan fingerprint density at radius 2 is 0.921 bits per heavy atom. The molecule has 0 saturated heterocycles. The van der Waals surface area contributed by atoms with E-state index in [1.165, 1.54) is 49.7 Å². The van der Waals surface area contributed by atoms with Crippen molar-refractivity contribution in [3.05, 3.63) is 83.9 Å². The van der Waals surface area contributed by atoms with E-state index in [4.69, 9.17) is 24.4 Å². The molecular weight excluding hydrogens is 505 g/mol. The Morgan fingerprint density at radius 1 is 0.526 bits per heavy atom. The molecule has 0 aliphatic heterocycles. The van der Waals surface area contributed by atoms with E-state index < -0.39 is 0 Å². The fraction of sp³-hybridized carbons (Fsp3) is 0.375. The average Bonchev–Trinajstić information content (AvgIpc) is 2.92. The van der Waals surface area contributed by atoms with E-state index >= 15 is 0 Å². The Bertz CT molecular complexity index is 1040. The molecule has 3 aromatic rings. The molecule has 38 heavy (non-hydrogen) atoms. The summed E-state index contributed by atoms with van der Waals surface area (Å²) in [5.74, 6) is 0. The highest BCUT2D eigenvalue weighted by Gasteiger charge is 2.13. The summed E-state index contributed by atoms with van der Waals surface area (Å²) < 4.78 is 0. The van der Waals surface area contributed by atoms with E-state index in [-0.39, 0.29) is 0 Å². The van der Waals surface area contributed by atoms with Gasteiger partial charge in [0.05, 0.1) is 0 Å². The second-order valence-electron chi connectivity index (χ2n) is 9.68. The van der Waals surface area contributed by atoms with Crippen molar-refractivity contribution in [1.29, 1.82) is 0 Å². The first kappa shape index (κ1) is 29.6. The number of hydrogen-bond donors (Lipinski definition) is 4. The lowest BCUT2D eigenvalue weighted by Crippen LogP contribution is -2.22. The highest BCUT2D eigenvalue weighted by molar-refractivity contribution is 7.81. The van der Waals surface area contributed by atoms with E-state index in [1.807, 2.05) is 60.7 Å². The number of para-hydroxylation sites is 2. The normalized spacial score (nSPS) is 10.6. The summed E-state index contributed by atoms with van der Waals surface area (Å²) in [6.45, 7) is 4.49. The molecule has 4 N–H and O–H groups in total. The number of aryl methyl sites for hydroxylation is 2. The largest absolute Gasteiger partial charge is 0.332 e. The molecule has 0 atom stereocenters. The number of thiocarbonyl (C=S) groups is 2. The molecule has 0 radical (unpaired) electrons. The fourth-order valence-electron chi connectivity index (χ4n) is 4.43. The zero-order valence-electron chi connectivity index (χ0n) is 22.8. The first-order valence-electron chi connectivity index (χ1n) is 14.0. The van der Waals surface area contributed by atoms with Crippen LogP contribution in [-0.4, -0.2) is 10.2 Å². The van der Waals surface area contributed by atoms with Crippen LogP contribution in [0.1, 0.15) is 76.3 Å². The van der Waals surface area contributed by atoms with Crippen LogP contribution in [0.25, 0.3) is 0 Å². The van der Waals surface area contributed by atoms with Crippen LogP contribution in [0, 0.1) is 0 Å². The summed E-state index contributed by atoms with van der Waals surface area (Å²) in [4.78, 5) is 0. The molecule has 0 spiro atoms. The number of hydrogen-bond acceptors (Lipinski definition) is 2. The predicted molar refractivity (Wildman–Crippen MR) is 175 cm³/mol. The SMILES string of the molecule is CCCCCCc1cc(NC(=S)Nc2ccccc2)c(CCCCCC)cc1NC(=S)Nc1ccccc1. The monoisotopic (exact) mass is 546 g/mol. The van der Waals surface area contributed by atoms with Crippen LogP contribution in [-0.2, 0) is 12.8 Å². The van der Waals surface area contributed by atoms with E-state index in [0.717, 1.165) is 48.4 Å². The third-order valence-corrected chi connectivity index (χ3v) is 6.90. The van der Waals surface area contributed by atoms with Crippen LogP contribution < -0.4 is 21.3 Å². The topological polar surface area (TPSA) is 48.1 Å². The first-order valence-corrected chi connectivity index (χ1v) is 14.8. The molecule has 6 heteroatoms. The van der Waals surface area contributed by atoms with Crippen molar-refractivity contribution in [2.24, 2.45) is 0 Å². The van der Waals surface area contributed by atoms with Crippen molar-refractivity contribution in [3.8, 4) is 0 Å². The summed E-state index contributed by atoms with van der Waals surface area (Å²) in [7, 11) is 0. The van der Waals surface area contributed by atoms with Crippen LogP contribution >= 0.6 is 24.4 Å². The van der Waals surface area contributed by atoms with Gasteiger partial charge in [-0.25, -0.2) is 0 Å². The van der Waals surface area contributed by atoms with Gasteiger partial charge in [-0.15, -0.1) is 0 Å². The molecule has 0 bridgehead atoms. The molecule has 4 nitrogen and oxygen atoms in total. The first-order chi connectivity index (χ1) is 18.6. The number of unbranched alkanes of at least 4 members (excludes halogenated alkanes) is 6. The predicted octanol–water partition coefficient (Wildman–Crippen LogP) is 9.55. The molecule has 0 saturated carbocycles. The zero-order valence-corrected chi connectivity index (χ0v) is 24.4. The average molecular weight is 547 g/mol. The molecule has 0 heterocycles. The van der Waals surface area contributed by atoms with Gasteiger partial charge < -0.3 is 21.3 Å². The van der Waals surface area contributed by atoms with Crippen molar-refractivity contribution < 1.29 is 0 Å². The second kappa shape index (κ2) is 16.8. The fourth-order valence-corrected chi connectivity index (χ4v) is 4.89. The van der Waals surface area contributed by atoms with Gasteiger partial charge in [0.1, 0.15) is 0 Å². The van der Waals surface area contributed by atoms with E-state index in [1.54, 1.807) is 0 Å². The maximum atomic E-state index is 5.70. The number of rotatable bonds is 14. The van der Waals surface area contributed by atoms with Crippen molar-refractivity contribution in [3.63, 3.8) is 0 Å². The van der Waals surface area contributed by atoms with E-state index in [9.17, 15) is 0 Å². The van der Waals surface area contributed by atoms with Crippen molar-refractivity contribution in [1.82, 2.24) is 0 Å². The summed E-state index contributed by atoms with van der Waals surface area (Å²) in [6.07, 6.45) is 11.6. The molecular formula is C32H42N4S2. The minimum Gasteiger partial charge on any atom is -0.332 e. The summed E-state index contributed by atoms with van der Waals surface area (Å²) >= 11 is 11.4. The zero-order chi connectivity index (χ0) is 27.0.